The molecule has 1 aromatic rings. The highest BCUT2D eigenvalue weighted by Gasteiger charge is 2.24. The van der Waals surface area contributed by atoms with Crippen LogP contribution < -0.4 is 5.32 Å². The third kappa shape index (κ3) is 4.42. The van der Waals surface area contributed by atoms with Crippen LogP contribution in [0, 0.1) is 0 Å². The lowest BCUT2D eigenvalue weighted by molar-refractivity contribution is 0.481. The average Bonchev–Trinajstić information content (AvgIpc) is 2.46. The molecular weight excluding hydrogens is 266 g/mol. The minimum absolute atomic E-state index is 0.185. The van der Waals surface area contributed by atoms with Crippen LogP contribution in [-0.4, -0.2) is 22.5 Å². The molecule has 1 N–H and O–H groups in total. The fourth-order valence-electron chi connectivity index (χ4n) is 2.57. The summed E-state index contributed by atoms with van der Waals surface area (Å²) in [6, 6.07) is 8.62. The fraction of sp³-hybridized carbons (Fsp3) is 0.647. The van der Waals surface area contributed by atoms with Gasteiger partial charge in [-0.05, 0) is 43.5 Å². The molecule has 3 atom stereocenters. The van der Waals surface area contributed by atoms with Crippen LogP contribution in [0.3, 0.4) is 0 Å². The number of rotatable bonds is 8. The maximum Gasteiger partial charge on any atom is 0.0576 e. The van der Waals surface area contributed by atoms with Gasteiger partial charge >= 0.3 is 0 Å². The van der Waals surface area contributed by atoms with Crippen molar-refractivity contribution in [2.24, 2.45) is 0 Å². The molecule has 0 spiro atoms. The van der Waals surface area contributed by atoms with Crippen molar-refractivity contribution in [1.29, 1.82) is 0 Å². The first-order valence-electron chi connectivity index (χ1n) is 7.72. The fourth-order valence-corrected chi connectivity index (χ4v) is 4.20. The summed E-state index contributed by atoms with van der Waals surface area (Å²) in [6.45, 7) is 8.67. The van der Waals surface area contributed by atoms with E-state index in [-0.39, 0.29) is 5.25 Å². The Morgan fingerprint density at radius 2 is 1.75 bits per heavy atom. The Hall–Kier alpha value is -0.670. The highest BCUT2D eigenvalue weighted by atomic mass is 32.2. The zero-order valence-corrected chi connectivity index (χ0v) is 14.3. The SMILES string of the molecule is CCCC(NC)C(CC)S(=O)c1ccc(C(C)C)cc1. The molecule has 114 valence electrons. The lowest BCUT2D eigenvalue weighted by Crippen LogP contribution is -2.39. The topological polar surface area (TPSA) is 29.1 Å². The van der Waals surface area contributed by atoms with Gasteiger partial charge in [-0.2, -0.15) is 0 Å². The summed E-state index contributed by atoms with van der Waals surface area (Å²) >= 11 is 0. The number of hydrogen-bond acceptors (Lipinski definition) is 2. The molecule has 2 nitrogen and oxygen atoms in total. The monoisotopic (exact) mass is 295 g/mol. The first kappa shape index (κ1) is 17.4. The predicted octanol–water partition coefficient (Wildman–Crippen LogP) is 4.08. The molecular formula is C17H29NOS. The van der Waals surface area contributed by atoms with Gasteiger partial charge < -0.3 is 5.32 Å². The van der Waals surface area contributed by atoms with Crippen LogP contribution >= 0.6 is 0 Å². The van der Waals surface area contributed by atoms with E-state index in [2.05, 4.69) is 45.1 Å². The molecule has 0 bridgehead atoms. The summed E-state index contributed by atoms with van der Waals surface area (Å²) in [5.74, 6) is 0.518. The Bertz CT molecular complexity index is 414. The van der Waals surface area contributed by atoms with Gasteiger partial charge in [-0.3, -0.25) is 4.21 Å². The summed E-state index contributed by atoms with van der Waals surface area (Å²) < 4.78 is 12.8. The first-order valence-corrected chi connectivity index (χ1v) is 8.94. The summed E-state index contributed by atoms with van der Waals surface area (Å²) in [7, 11) is 1.04. The maximum atomic E-state index is 12.8. The van der Waals surface area contributed by atoms with Gasteiger partial charge in [0.25, 0.3) is 0 Å². The van der Waals surface area contributed by atoms with Gasteiger partial charge in [0.15, 0.2) is 0 Å². The van der Waals surface area contributed by atoms with E-state index >= 15 is 0 Å². The van der Waals surface area contributed by atoms with Crippen LogP contribution in [0.5, 0.6) is 0 Å². The summed E-state index contributed by atoms with van der Waals surface area (Å²) in [4.78, 5) is 0.956. The van der Waals surface area contributed by atoms with Gasteiger partial charge in [-0.25, -0.2) is 0 Å². The molecule has 0 amide bonds. The van der Waals surface area contributed by atoms with Crippen molar-refractivity contribution < 1.29 is 4.21 Å². The Balaban J connectivity index is 2.90. The minimum Gasteiger partial charge on any atom is -0.316 e. The van der Waals surface area contributed by atoms with E-state index in [1.54, 1.807) is 0 Å². The third-order valence-electron chi connectivity index (χ3n) is 3.88. The molecule has 0 fully saturated rings. The van der Waals surface area contributed by atoms with Crippen molar-refractivity contribution in [3.63, 3.8) is 0 Å². The van der Waals surface area contributed by atoms with Crippen molar-refractivity contribution in [3.05, 3.63) is 29.8 Å². The van der Waals surface area contributed by atoms with E-state index < -0.39 is 10.8 Å². The zero-order valence-electron chi connectivity index (χ0n) is 13.5. The second-order valence-electron chi connectivity index (χ2n) is 5.65. The van der Waals surface area contributed by atoms with Gasteiger partial charge in [-0.15, -0.1) is 0 Å². The Kier molecular flexibility index (Phi) is 7.46. The van der Waals surface area contributed by atoms with Crippen molar-refractivity contribution in [1.82, 2.24) is 5.32 Å². The second kappa shape index (κ2) is 8.58. The van der Waals surface area contributed by atoms with Gasteiger partial charge in [0.1, 0.15) is 0 Å². The number of nitrogens with one attached hydrogen (secondary N) is 1. The van der Waals surface area contributed by atoms with Crippen LogP contribution in [0.1, 0.15) is 58.4 Å². The Labute approximate surface area is 126 Å². The van der Waals surface area contributed by atoms with Gasteiger partial charge in [0.05, 0.1) is 16.0 Å². The standard InChI is InChI=1S/C17H29NOS/c1-6-8-16(18-5)17(7-2)20(19)15-11-9-14(10-12-15)13(3)4/h9-13,16-18H,6-8H2,1-5H3. The molecule has 3 heteroatoms. The molecule has 3 unspecified atom stereocenters. The van der Waals surface area contributed by atoms with E-state index in [1.165, 1.54) is 5.56 Å². The Morgan fingerprint density at radius 1 is 1.15 bits per heavy atom. The van der Waals surface area contributed by atoms with E-state index in [4.69, 9.17) is 0 Å². The first-order chi connectivity index (χ1) is 9.54. The molecule has 0 aliphatic carbocycles. The van der Waals surface area contributed by atoms with E-state index in [0.717, 1.165) is 24.2 Å². The summed E-state index contributed by atoms with van der Waals surface area (Å²) in [5.41, 5.74) is 1.30. The van der Waals surface area contributed by atoms with Crippen LogP contribution in [0.25, 0.3) is 0 Å². The van der Waals surface area contributed by atoms with E-state index in [0.29, 0.717) is 12.0 Å². The molecule has 1 rings (SSSR count). The third-order valence-corrected chi connectivity index (χ3v) is 5.82. The smallest absolute Gasteiger partial charge is 0.0576 e. The number of hydrogen-bond donors (Lipinski definition) is 1. The molecule has 0 heterocycles. The molecule has 20 heavy (non-hydrogen) atoms. The van der Waals surface area contributed by atoms with Crippen LogP contribution in [0.2, 0.25) is 0 Å². The van der Waals surface area contributed by atoms with Gasteiger partial charge in [0.2, 0.25) is 0 Å². The zero-order chi connectivity index (χ0) is 15.1. The van der Waals surface area contributed by atoms with Gasteiger partial charge in [0, 0.05) is 10.9 Å². The highest BCUT2D eigenvalue weighted by Crippen LogP contribution is 2.21. The maximum absolute atomic E-state index is 12.8. The lowest BCUT2D eigenvalue weighted by Gasteiger charge is -2.25. The normalized spacial score (nSPS) is 16.1. The van der Waals surface area contributed by atoms with Crippen LogP contribution in [0.15, 0.2) is 29.2 Å². The van der Waals surface area contributed by atoms with Crippen molar-refractivity contribution in [2.45, 2.75) is 69.1 Å². The summed E-state index contributed by atoms with van der Waals surface area (Å²) in [5, 5.41) is 3.53. The van der Waals surface area contributed by atoms with E-state index in [1.807, 2.05) is 19.2 Å². The highest BCUT2D eigenvalue weighted by molar-refractivity contribution is 7.85. The van der Waals surface area contributed by atoms with E-state index in [9.17, 15) is 4.21 Å². The predicted molar refractivity (Wildman–Crippen MR) is 88.8 cm³/mol. The molecule has 1 aromatic carbocycles. The molecule has 0 aliphatic rings. The molecule has 0 radical (unpaired) electrons. The lowest BCUT2D eigenvalue weighted by atomic mass is 10.0. The molecule has 0 aliphatic heterocycles. The molecule has 0 aromatic heterocycles. The second-order valence-corrected chi connectivity index (χ2v) is 7.32. The van der Waals surface area contributed by atoms with Crippen molar-refractivity contribution in [3.8, 4) is 0 Å². The average molecular weight is 295 g/mol. The summed E-state index contributed by atoms with van der Waals surface area (Å²) in [6.07, 6.45) is 3.13. The largest absolute Gasteiger partial charge is 0.316 e. The molecule has 0 saturated carbocycles. The van der Waals surface area contributed by atoms with Crippen molar-refractivity contribution in [2.75, 3.05) is 7.05 Å². The minimum atomic E-state index is -0.937. The molecule has 0 saturated heterocycles. The Morgan fingerprint density at radius 3 is 2.15 bits per heavy atom. The van der Waals surface area contributed by atoms with Crippen LogP contribution in [-0.2, 0) is 10.8 Å². The van der Waals surface area contributed by atoms with Crippen LogP contribution in [0.4, 0.5) is 0 Å². The quantitative estimate of drug-likeness (QED) is 0.783. The van der Waals surface area contributed by atoms with Gasteiger partial charge in [-0.1, -0.05) is 46.2 Å². The van der Waals surface area contributed by atoms with Crippen molar-refractivity contribution >= 4 is 10.8 Å². The number of benzene rings is 1.